The molecule has 0 radical (unpaired) electrons. The number of likely N-dealkylation sites (N-methyl/N-ethyl adjacent to an activating group) is 1. The Morgan fingerprint density at radius 3 is 2.04 bits per heavy atom. The van der Waals surface area contributed by atoms with Crippen molar-refractivity contribution in [3.8, 4) is 0 Å². The molecular formula is C20H34N2O3. The molecule has 0 aliphatic heterocycles. The highest BCUT2D eigenvalue weighted by atomic mass is 16.6. The molecule has 4 bridgehead atoms. The lowest BCUT2D eigenvalue weighted by Gasteiger charge is -2.59. The molecule has 1 atom stereocenters. The number of amides is 2. The summed E-state index contributed by atoms with van der Waals surface area (Å²) >= 11 is 0. The summed E-state index contributed by atoms with van der Waals surface area (Å²) in [6.45, 7) is 7.69. The minimum Gasteiger partial charge on any atom is -0.444 e. The number of ether oxygens (including phenoxy) is 1. The van der Waals surface area contributed by atoms with Gasteiger partial charge in [0.2, 0.25) is 5.91 Å². The summed E-state index contributed by atoms with van der Waals surface area (Å²) in [5, 5.41) is 3.20. The summed E-state index contributed by atoms with van der Waals surface area (Å²) in [4.78, 5) is 25.8. The Balaban J connectivity index is 1.53. The average molecular weight is 351 g/mol. The van der Waals surface area contributed by atoms with Gasteiger partial charge in [0.1, 0.15) is 12.1 Å². The number of hydrogen-bond acceptors (Lipinski definition) is 3. The standard InChI is InChI=1S/C20H34N2O3/c1-13(20-9-14-6-15(10-20)8-16(7-14)11-20)21-17(23)12-22(5)18(24)25-19(2,3)4/h13-16H,6-12H2,1-5H3,(H,21,23). The van der Waals surface area contributed by atoms with E-state index in [1.165, 1.54) is 43.4 Å². The summed E-state index contributed by atoms with van der Waals surface area (Å²) in [7, 11) is 1.61. The first-order valence-corrected chi connectivity index (χ1v) is 9.80. The van der Waals surface area contributed by atoms with Crippen LogP contribution in [-0.2, 0) is 9.53 Å². The third-order valence-corrected chi connectivity index (χ3v) is 6.47. The van der Waals surface area contributed by atoms with E-state index in [4.69, 9.17) is 4.74 Å². The van der Waals surface area contributed by atoms with Gasteiger partial charge in [0, 0.05) is 13.1 Å². The molecule has 5 nitrogen and oxygen atoms in total. The van der Waals surface area contributed by atoms with E-state index in [0.717, 1.165) is 17.8 Å². The van der Waals surface area contributed by atoms with Gasteiger partial charge in [-0.05, 0) is 89.4 Å². The second-order valence-corrected chi connectivity index (χ2v) is 9.91. The summed E-state index contributed by atoms with van der Waals surface area (Å²) in [6, 6.07) is 0.181. The van der Waals surface area contributed by atoms with Crippen molar-refractivity contribution in [2.75, 3.05) is 13.6 Å². The number of carbonyl (C=O) groups excluding carboxylic acids is 2. The van der Waals surface area contributed by atoms with Crippen molar-refractivity contribution in [1.29, 1.82) is 0 Å². The molecule has 4 aliphatic carbocycles. The first kappa shape index (κ1) is 18.5. The monoisotopic (exact) mass is 350 g/mol. The van der Waals surface area contributed by atoms with E-state index >= 15 is 0 Å². The Labute approximate surface area is 151 Å². The van der Waals surface area contributed by atoms with Crippen LogP contribution in [-0.4, -0.2) is 42.1 Å². The Hall–Kier alpha value is -1.26. The van der Waals surface area contributed by atoms with E-state index in [1.54, 1.807) is 7.05 Å². The molecule has 4 fully saturated rings. The maximum absolute atomic E-state index is 12.5. The highest BCUT2D eigenvalue weighted by Gasteiger charge is 2.53. The SMILES string of the molecule is CC(NC(=O)CN(C)C(=O)OC(C)(C)C)C12CC3CC(CC(C3)C1)C2. The number of nitrogens with zero attached hydrogens (tertiary/aromatic N) is 1. The Morgan fingerprint density at radius 2 is 1.60 bits per heavy atom. The van der Waals surface area contributed by atoms with Crippen LogP contribution in [0.1, 0.15) is 66.2 Å². The van der Waals surface area contributed by atoms with E-state index < -0.39 is 11.7 Å². The number of rotatable bonds is 4. The van der Waals surface area contributed by atoms with Crippen molar-refractivity contribution >= 4 is 12.0 Å². The van der Waals surface area contributed by atoms with Crippen molar-refractivity contribution < 1.29 is 14.3 Å². The molecule has 1 unspecified atom stereocenters. The predicted octanol–water partition coefficient (Wildman–Crippen LogP) is 3.57. The van der Waals surface area contributed by atoms with Crippen LogP contribution in [0.5, 0.6) is 0 Å². The molecule has 1 N–H and O–H groups in total. The van der Waals surface area contributed by atoms with Crippen LogP contribution in [0.25, 0.3) is 0 Å². The third kappa shape index (κ3) is 4.12. The zero-order valence-electron chi connectivity index (χ0n) is 16.4. The van der Waals surface area contributed by atoms with Crippen LogP contribution >= 0.6 is 0 Å². The number of hydrogen-bond donors (Lipinski definition) is 1. The van der Waals surface area contributed by atoms with Gasteiger partial charge in [-0.1, -0.05) is 0 Å². The zero-order chi connectivity index (χ0) is 18.4. The zero-order valence-corrected chi connectivity index (χ0v) is 16.4. The number of carbonyl (C=O) groups is 2. The van der Waals surface area contributed by atoms with Crippen molar-refractivity contribution in [3.05, 3.63) is 0 Å². The average Bonchev–Trinajstić information content (AvgIpc) is 2.43. The Bertz CT molecular complexity index is 502. The smallest absolute Gasteiger partial charge is 0.410 e. The van der Waals surface area contributed by atoms with Crippen LogP contribution in [0.3, 0.4) is 0 Å². The molecule has 0 aromatic carbocycles. The molecule has 0 spiro atoms. The topological polar surface area (TPSA) is 58.6 Å². The largest absolute Gasteiger partial charge is 0.444 e. The predicted molar refractivity (Wildman–Crippen MR) is 97.1 cm³/mol. The molecule has 142 valence electrons. The van der Waals surface area contributed by atoms with Gasteiger partial charge in [-0.15, -0.1) is 0 Å². The quantitative estimate of drug-likeness (QED) is 0.843. The maximum Gasteiger partial charge on any atom is 0.410 e. The fourth-order valence-corrected chi connectivity index (χ4v) is 5.77. The van der Waals surface area contributed by atoms with Gasteiger partial charge in [0.25, 0.3) is 0 Å². The van der Waals surface area contributed by atoms with Crippen molar-refractivity contribution in [2.24, 2.45) is 23.2 Å². The van der Waals surface area contributed by atoms with Crippen molar-refractivity contribution in [1.82, 2.24) is 10.2 Å². The molecule has 25 heavy (non-hydrogen) atoms. The van der Waals surface area contributed by atoms with Gasteiger partial charge in [0.05, 0.1) is 0 Å². The van der Waals surface area contributed by atoms with Gasteiger partial charge in [-0.25, -0.2) is 4.79 Å². The lowest BCUT2D eigenvalue weighted by atomic mass is 9.48. The Morgan fingerprint density at radius 1 is 1.12 bits per heavy atom. The normalized spacial score (nSPS) is 34.5. The highest BCUT2D eigenvalue weighted by molar-refractivity contribution is 5.82. The maximum atomic E-state index is 12.5. The van der Waals surface area contributed by atoms with Crippen molar-refractivity contribution in [3.63, 3.8) is 0 Å². The van der Waals surface area contributed by atoms with E-state index in [2.05, 4.69) is 12.2 Å². The van der Waals surface area contributed by atoms with Gasteiger partial charge in [0.15, 0.2) is 0 Å². The summed E-state index contributed by atoms with van der Waals surface area (Å²) < 4.78 is 5.31. The fourth-order valence-electron chi connectivity index (χ4n) is 5.77. The molecule has 0 aromatic heterocycles. The summed E-state index contributed by atoms with van der Waals surface area (Å²) in [5.74, 6) is 2.52. The summed E-state index contributed by atoms with van der Waals surface area (Å²) in [5.41, 5.74) is -0.261. The fraction of sp³-hybridized carbons (Fsp3) is 0.900. The van der Waals surface area contributed by atoms with Gasteiger partial charge >= 0.3 is 6.09 Å². The highest BCUT2D eigenvalue weighted by Crippen LogP contribution is 2.61. The molecule has 0 heterocycles. The van der Waals surface area contributed by atoms with Crippen LogP contribution in [0.2, 0.25) is 0 Å². The Kier molecular flexibility index (Phi) is 4.80. The van der Waals surface area contributed by atoms with Crippen LogP contribution in [0.15, 0.2) is 0 Å². The van der Waals surface area contributed by atoms with Gasteiger partial charge < -0.3 is 15.0 Å². The van der Waals surface area contributed by atoms with E-state index in [9.17, 15) is 9.59 Å². The third-order valence-electron chi connectivity index (χ3n) is 6.47. The van der Waals surface area contributed by atoms with Crippen molar-refractivity contribution in [2.45, 2.75) is 77.9 Å². The molecule has 0 saturated heterocycles. The van der Waals surface area contributed by atoms with E-state index in [1.807, 2.05) is 20.8 Å². The molecule has 5 heteroatoms. The number of nitrogens with one attached hydrogen (secondary N) is 1. The van der Waals surface area contributed by atoms with Gasteiger partial charge in [-0.3, -0.25) is 4.79 Å². The van der Waals surface area contributed by atoms with Crippen LogP contribution in [0.4, 0.5) is 4.79 Å². The molecular weight excluding hydrogens is 316 g/mol. The first-order valence-electron chi connectivity index (χ1n) is 9.80. The molecule has 2 amide bonds. The molecule has 4 aliphatic rings. The van der Waals surface area contributed by atoms with Gasteiger partial charge in [-0.2, -0.15) is 0 Å². The first-order chi connectivity index (χ1) is 11.6. The minimum atomic E-state index is -0.547. The summed E-state index contributed by atoms with van der Waals surface area (Å²) in [6.07, 6.45) is 7.56. The molecule has 0 aromatic rings. The lowest BCUT2D eigenvalue weighted by Crippen LogP contribution is -2.56. The lowest BCUT2D eigenvalue weighted by molar-refractivity contribution is -0.126. The molecule has 4 rings (SSSR count). The van der Waals surface area contributed by atoms with E-state index in [-0.39, 0.29) is 23.9 Å². The minimum absolute atomic E-state index is 0.0472. The van der Waals surface area contributed by atoms with Crippen LogP contribution < -0.4 is 5.32 Å². The second-order valence-electron chi connectivity index (χ2n) is 9.91. The van der Waals surface area contributed by atoms with E-state index in [0.29, 0.717) is 0 Å². The van der Waals surface area contributed by atoms with Crippen LogP contribution in [0, 0.1) is 23.2 Å². The molecule has 4 saturated carbocycles. The second kappa shape index (κ2) is 6.48.